The van der Waals surface area contributed by atoms with Gasteiger partial charge in [-0.05, 0) is 12.1 Å². The highest BCUT2D eigenvalue weighted by Crippen LogP contribution is 1.97. The molecule has 0 saturated carbocycles. The van der Waals surface area contributed by atoms with Gasteiger partial charge in [0.25, 0.3) is 0 Å². The van der Waals surface area contributed by atoms with Crippen LogP contribution in [0.4, 0.5) is 0 Å². The van der Waals surface area contributed by atoms with E-state index in [1.807, 2.05) is 12.1 Å². The molecule has 0 fully saturated rings. The van der Waals surface area contributed by atoms with E-state index in [0.717, 1.165) is 5.69 Å². The Labute approximate surface area is 74.0 Å². The lowest BCUT2D eigenvalue weighted by molar-refractivity contribution is 1.01. The Kier molecular flexibility index (Phi) is 2.61. The van der Waals surface area contributed by atoms with Crippen molar-refractivity contribution in [1.29, 1.82) is 0 Å². The van der Waals surface area contributed by atoms with Crippen molar-refractivity contribution in [3.05, 3.63) is 24.0 Å². The lowest BCUT2D eigenvalue weighted by atomic mass is 10.4. The van der Waals surface area contributed by atoms with Crippen molar-refractivity contribution in [3.63, 3.8) is 0 Å². The topological polar surface area (TPSA) is 25.8 Å². The summed E-state index contributed by atoms with van der Waals surface area (Å²) in [6.45, 7) is 6.61. The molecule has 2 nitrogen and oxygen atoms in total. The SMILES string of the molecule is C[Si](C)(C)C#Cc1cccnn1. The monoisotopic (exact) mass is 176 g/mol. The minimum Gasteiger partial charge on any atom is -0.158 e. The van der Waals surface area contributed by atoms with E-state index in [9.17, 15) is 0 Å². The Morgan fingerprint density at radius 3 is 2.58 bits per heavy atom. The van der Waals surface area contributed by atoms with Crippen LogP contribution in [0, 0.1) is 11.5 Å². The second-order valence-electron chi connectivity index (χ2n) is 3.61. The zero-order valence-electron chi connectivity index (χ0n) is 7.63. The fourth-order valence-corrected chi connectivity index (χ4v) is 1.12. The van der Waals surface area contributed by atoms with Gasteiger partial charge in [-0.1, -0.05) is 25.6 Å². The second kappa shape index (κ2) is 3.50. The summed E-state index contributed by atoms with van der Waals surface area (Å²) in [6, 6.07) is 3.72. The molecule has 0 unspecified atom stereocenters. The maximum atomic E-state index is 3.88. The molecule has 1 aromatic rings. The van der Waals surface area contributed by atoms with E-state index in [2.05, 4.69) is 41.3 Å². The van der Waals surface area contributed by atoms with Gasteiger partial charge >= 0.3 is 0 Å². The summed E-state index contributed by atoms with van der Waals surface area (Å²) < 4.78 is 0. The summed E-state index contributed by atoms with van der Waals surface area (Å²) in [4.78, 5) is 0. The number of rotatable bonds is 0. The van der Waals surface area contributed by atoms with Crippen molar-refractivity contribution in [2.24, 2.45) is 0 Å². The molecular formula is C9H12N2Si. The Morgan fingerprint density at radius 1 is 1.33 bits per heavy atom. The van der Waals surface area contributed by atoms with E-state index in [-0.39, 0.29) is 0 Å². The van der Waals surface area contributed by atoms with Gasteiger partial charge in [-0.3, -0.25) is 0 Å². The first-order valence-electron chi connectivity index (χ1n) is 3.89. The van der Waals surface area contributed by atoms with E-state index >= 15 is 0 Å². The van der Waals surface area contributed by atoms with E-state index in [1.165, 1.54) is 0 Å². The Bertz CT molecular complexity index is 303. The predicted octanol–water partition coefficient (Wildman–Crippen LogP) is 1.71. The van der Waals surface area contributed by atoms with Crippen molar-refractivity contribution in [2.75, 3.05) is 0 Å². The molecule has 0 aromatic carbocycles. The molecule has 1 aromatic heterocycles. The normalized spacial score (nSPS) is 10.2. The molecule has 0 N–H and O–H groups in total. The van der Waals surface area contributed by atoms with Crippen LogP contribution in [0.25, 0.3) is 0 Å². The molecule has 0 bridgehead atoms. The van der Waals surface area contributed by atoms with Gasteiger partial charge in [0, 0.05) is 6.20 Å². The highest BCUT2D eigenvalue weighted by molar-refractivity contribution is 6.83. The molecule has 12 heavy (non-hydrogen) atoms. The number of hydrogen-bond acceptors (Lipinski definition) is 2. The minimum atomic E-state index is -1.27. The highest BCUT2D eigenvalue weighted by Gasteiger charge is 2.07. The summed E-state index contributed by atoms with van der Waals surface area (Å²) in [7, 11) is -1.27. The van der Waals surface area contributed by atoms with Crippen LogP contribution in [0.3, 0.4) is 0 Å². The van der Waals surface area contributed by atoms with Crippen LogP contribution < -0.4 is 0 Å². The van der Waals surface area contributed by atoms with Crippen LogP contribution in [0.1, 0.15) is 5.69 Å². The molecule has 62 valence electrons. The van der Waals surface area contributed by atoms with Crippen LogP contribution in [0.15, 0.2) is 18.3 Å². The third-order valence-electron chi connectivity index (χ3n) is 1.14. The molecule has 0 amide bonds. The average Bonchev–Trinajstić information content (AvgIpc) is 2.02. The first-order valence-corrected chi connectivity index (χ1v) is 7.39. The van der Waals surface area contributed by atoms with Crippen molar-refractivity contribution >= 4 is 8.07 Å². The van der Waals surface area contributed by atoms with Crippen LogP contribution >= 0.6 is 0 Å². The van der Waals surface area contributed by atoms with Gasteiger partial charge in [0.05, 0.1) is 0 Å². The molecule has 0 aliphatic rings. The standard InChI is InChI=1S/C9H12N2Si/c1-12(2,3)8-6-9-5-4-7-10-11-9/h4-5,7H,1-3H3. The highest BCUT2D eigenvalue weighted by atomic mass is 28.3. The summed E-state index contributed by atoms with van der Waals surface area (Å²) in [5.74, 6) is 3.02. The molecule has 0 saturated heterocycles. The first-order chi connectivity index (χ1) is 5.58. The zero-order valence-corrected chi connectivity index (χ0v) is 8.63. The number of hydrogen-bond donors (Lipinski definition) is 0. The molecule has 0 spiro atoms. The van der Waals surface area contributed by atoms with E-state index in [0.29, 0.717) is 0 Å². The Hall–Kier alpha value is -1.14. The maximum absolute atomic E-state index is 3.88. The van der Waals surface area contributed by atoms with Crippen molar-refractivity contribution in [3.8, 4) is 11.5 Å². The fourth-order valence-electron chi connectivity index (χ4n) is 0.620. The minimum absolute atomic E-state index is 0.764. The molecule has 0 aliphatic carbocycles. The quantitative estimate of drug-likeness (QED) is 0.444. The molecule has 0 atom stereocenters. The largest absolute Gasteiger partial charge is 0.158 e. The summed E-state index contributed by atoms with van der Waals surface area (Å²) in [5.41, 5.74) is 3.99. The fraction of sp³-hybridized carbons (Fsp3) is 0.333. The Morgan fingerprint density at radius 2 is 2.08 bits per heavy atom. The van der Waals surface area contributed by atoms with E-state index in [1.54, 1.807) is 6.20 Å². The van der Waals surface area contributed by atoms with Crippen molar-refractivity contribution in [1.82, 2.24) is 10.2 Å². The van der Waals surface area contributed by atoms with Gasteiger partial charge in [-0.2, -0.15) is 5.10 Å². The molecule has 3 heteroatoms. The van der Waals surface area contributed by atoms with Gasteiger partial charge in [-0.25, -0.2) is 0 Å². The third kappa shape index (κ3) is 3.31. The van der Waals surface area contributed by atoms with Crippen LogP contribution in [-0.4, -0.2) is 18.3 Å². The van der Waals surface area contributed by atoms with E-state index in [4.69, 9.17) is 0 Å². The molecular weight excluding hydrogens is 164 g/mol. The number of nitrogens with zero attached hydrogens (tertiary/aromatic N) is 2. The maximum Gasteiger partial charge on any atom is 0.135 e. The smallest absolute Gasteiger partial charge is 0.135 e. The third-order valence-corrected chi connectivity index (χ3v) is 2.01. The second-order valence-corrected chi connectivity index (χ2v) is 8.36. The molecule has 1 rings (SSSR count). The Balaban J connectivity index is 2.81. The first kappa shape index (κ1) is 8.95. The molecule has 0 radical (unpaired) electrons. The number of aromatic nitrogens is 2. The van der Waals surface area contributed by atoms with Crippen LogP contribution in [-0.2, 0) is 0 Å². The lowest BCUT2D eigenvalue weighted by Gasteiger charge is -2.02. The summed E-state index contributed by atoms with van der Waals surface area (Å²) in [5, 5.41) is 7.63. The average molecular weight is 176 g/mol. The van der Waals surface area contributed by atoms with Crippen LogP contribution in [0.2, 0.25) is 19.6 Å². The van der Waals surface area contributed by atoms with Gasteiger partial charge in [0.1, 0.15) is 13.8 Å². The van der Waals surface area contributed by atoms with Crippen molar-refractivity contribution in [2.45, 2.75) is 19.6 Å². The molecule has 0 aliphatic heterocycles. The van der Waals surface area contributed by atoms with Crippen molar-refractivity contribution < 1.29 is 0 Å². The summed E-state index contributed by atoms with van der Waals surface area (Å²) in [6.07, 6.45) is 1.65. The summed E-state index contributed by atoms with van der Waals surface area (Å²) >= 11 is 0. The van der Waals surface area contributed by atoms with E-state index < -0.39 is 8.07 Å². The zero-order chi connectivity index (χ0) is 9.03. The predicted molar refractivity (Wildman–Crippen MR) is 52.3 cm³/mol. The van der Waals surface area contributed by atoms with Gasteiger partial charge < -0.3 is 0 Å². The van der Waals surface area contributed by atoms with Crippen LogP contribution in [0.5, 0.6) is 0 Å². The van der Waals surface area contributed by atoms with Gasteiger partial charge in [0.2, 0.25) is 0 Å². The molecule has 1 heterocycles. The van der Waals surface area contributed by atoms with Gasteiger partial charge in [0.15, 0.2) is 0 Å². The van der Waals surface area contributed by atoms with Gasteiger partial charge in [-0.15, -0.1) is 10.6 Å². The lowest BCUT2D eigenvalue weighted by Crippen LogP contribution is -2.16.